The molecular weight excluding hydrogens is 424 g/mol. The molecule has 1 aliphatic rings. The largest absolute Gasteiger partial charge is 0.383 e. The van der Waals surface area contributed by atoms with Crippen molar-refractivity contribution in [3.05, 3.63) is 91.1 Å². The molecule has 0 saturated heterocycles. The highest BCUT2D eigenvalue weighted by molar-refractivity contribution is 5.89. The van der Waals surface area contributed by atoms with Crippen LogP contribution in [0.25, 0.3) is 22.8 Å². The number of nitrogens with zero attached hydrogens (tertiary/aromatic N) is 5. The first-order valence-corrected chi connectivity index (χ1v) is 9.89. The molecule has 0 bridgehead atoms. The molecule has 0 fully saturated rings. The number of nitrogens with two attached hydrogens (primary N) is 1. The summed E-state index contributed by atoms with van der Waals surface area (Å²) in [5.41, 5.74) is 10.6. The third-order valence-corrected chi connectivity index (χ3v) is 5.42. The average Bonchev–Trinajstić information content (AvgIpc) is 2.79. The minimum Gasteiger partial charge on any atom is -0.383 e. The van der Waals surface area contributed by atoms with Crippen molar-refractivity contribution in [1.29, 1.82) is 5.26 Å². The molecule has 0 saturated carbocycles. The quantitative estimate of drug-likeness (QED) is 0.470. The molecule has 0 spiro atoms. The molecule has 0 radical (unpaired) electrons. The Morgan fingerprint density at radius 2 is 1.61 bits per heavy atom. The summed E-state index contributed by atoms with van der Waals surface area (Å²) in [6.45, 7) is 1.06. The summed E-state index contributed by atoms with van der Waals surface area (Å²) >= 11 is 0. The number of nitro benzene ring substituents is 2. The van der Waals surface area contributed by atoms with Gasteiger partial charge in [-0.05, 0) is 54.1 Å². The molecule has 33 heavy (non-hydrogen) atoms. The van der Waals surface area contributed by atoms with Crippen LogP contribution in [0.4, 0.5) is 17.2 Å². The maximum atomic E-state index is 11.0. The van der Waals surface area contributed by atoms with Gasteiger partial charge in [0, 0.05) is 48.5 Å². The summed E-state index contributed by atoms with van der Waals surface area (Å²) in [5, 5.41) is 31.8. The number of nitro groups is 2. The van der Waals surface area contributed by atoms with E-state index in [2.05, 4.69) is 11.1 Å². The summed E-state index contributed by atoms with van der Waals surface area (Å²) in [6, 6.07) is 14.3. The lowest BCUT2D eigenvalue weighted by Crippen LogP contribution is -2.28. The Kier molecular flexibility index (Phi) is 5.56. The zero-order chi connectivity index (χ0) is 23.7. The van der Waals surface area contributed by atoms with Crippen LogP contribution < -0.4 is 5.73 Å². The van der Waals surface area contributed by atoms with E-state index in [4.69, 9.17) is 5.73 Å². The maximum Gasteiger partial charge on any atom is 0.269 e. The maximum absolute atomic E-state index is 11.0. The van der Waals surface area contributed by atoms with Crippen molar-refractivity contribution < 1.29 is 9.85 Å². The highest BCUT2D eigenvalue weighted by Crippen LogP contribution is 2.39. The second kappa shape index (κ2) is 8.49. The second-order valence-corrected chi connectivity index (χ2v) is 7.68. The van der Waals surface area contributed by atoms with E-state index in [0.29, 0.717) is 29.9 Å². The number of nitrogen functional groups attached to an aromatic ring is 1. The number of aromatic nitrogens is 1. The van der Waals surface area contributed by atoms with E-state index in [1.54, 1.807) is 24.3 Å². The Bertz CT molecular complexity index is 1340. The Labute approximate surface area is 188 Å². The van der Waals surface area contributed by atoms with Crippen LogP contribution in [0.5, 0.6) is 0 Å². The number of hydrogen-bond acceptors (Lipinski definition) is 8. The first-order valence-electron chi connectivity index (χ1n) is 9.89. The molecular formula is C23H18N6O4. The van der Waals surface area contributed by atoms with Crippen LogP contribution in [0.3, 0.4) is 0 Å². The molecule has 1 aliphatic heterocycles. The third kappa shape index (κ3) is 4.13. The van der Waals surface area contributed by atoms with E-state index in [-0.39, 0.29) is 22.8 Å². The molecule has 2 aromatic carbocycles. The first kappa shape index (κ1) is 21.6. The van der Waals surface area contributed by atoms with Crippen LogP contribution >= 0.6 is 0 Å². The van der Waals surface area contributed by atoms with Gasteiger partial charge in [-0.2, -0.15) is 5.26 Å². The molecule has 10 nitrogen and oxygen atoms in total. The number of non-ortho nitro benzene ring substituents is 2. The first-order chi connectivity index (χ1) is 15.8. The minimum absolute atomic E-state index is 0.000184. The van der Waals surface area contributed by atoms with Crippen molar-refractivity contribution in [2.45, 2.75) is 6.54 Å². The summed E-state index contributed by atoms with van der Waals surface area (Å²) in [4.78, 5) is 27.6. The van der Waals surface area contributed by atoms with Crippen molar-refractivity contribution >= 4 is 28.8 Å². The Morgan fingerprint density at radius 1 is 1.03 bits per heavy atom. The predicted octanol–water partition coefficient (Wildman–Crippen LogP) is 4.00. The summed E-state index contributed by atoms with van der Waals surface area (Å²) in [7, 11) is 1.93. The Balaban J connectivity index is 1.89. The van der Waals surface area contributed by atoms with Gasteiger partial charge in [0.05, 0.1) is 15.5 Å². The third-order valence-electron chi connectivity index (χ3n) is 5.42. The molecule has 0 amide bonds. The number of hydrogen-bond donors (Lipinski definition) is 1. The van der Waals surface area contributed by atoms with Crippen molar-refractivity contribution in [2.24, 2.45) is 0 Å². The number of benzene rings is 2. The molecule has 164 valence electrons. The van der Waals surface area contributed by atoms with Crippen molar-refractivity contribution in [1.82, 2.24) is 9.88 Å². The van der Waals surface area contributed by atoms with Gasteiger partial charge in [-0.25, -0.2) is 4.98 Å². The molecule has 0 aliphatic carbocycles. The van der Waals surface area contributed by atoms with Gasteiger partial charge in [-0.3, -0.25) is 25.1 Å². The monoisotopic (exact) mass is 442 g/mol. The summed E-state index contributed by atoms with van der Waals surface area (Å²) < 4.78 is 0. The number of fused-ring (bicyclic) bond motifs is 1. The van der Waals surface area contributed by atoms with E-state index in [0.717, 1.165) is 16.7 Å². The molecule has 0 atom stereocenters. The van der Waals surface area contributed by atoms with Crippen LogP contribution in [-0.2, 0) is 6.54 Å². The van der Waals surface area contributed by atoms with E-state index in [1.165, 1.54) is 24.3 Å². The van der Waals surface area contributed by atoms with Crippen LogP contribution in [0.15, 0.2) is 48.5 Å². The zero-order valence-corrected chi connectivity index (χ0v) is 17.6. The van der Waals surface area contributed by atoms with Gasteiger partial charge in [-0.15, -0.1) is 0 Å². The van der Waals surface area contributed by atoms with Gasteiger partial charge in [-0.1, -0.05) is 0 Å². The van der Waals surface area contributed by atoms with Gasteiger partial charge in [0.2, 0.25) is 0 Å². The fraction of sp³-hybridized carbons (Fsp3) is 0.130. The average molecular weight is 442 g/mol. The number of nitriles is 1. The van der Waals surface area contributed by atoms with Crippen molar-refractivity contribution in [2.75, 3.05) is 19.3 Å². The summed E-state index contributed by atoms with van der Waals surface area (Å²) in [5.74, 6) is 0.0729. The normalized spacial score (nSPS) is 14.5. The van der Waals surface area contributed by atoms with Crippen molar-refractivity contribution in [3.8, 4) is 17.2 Å². The molecule has 0 unspecified atom stereocenters. The smallest absolute Gasteiger partial charge is 0.269 e. The number of anilines is 1. The van der Waals surface area contributed by atoms with E-state index >= 15 is 0 Å². The SMILES string of the molecule is CN1C/C(=C/c2ccc([N+](=O)[O-])cc2)c2nc(N)c(C#N)c(-c3ccc([N+](=O)[O-])cc3)c2C1. The molecule has 2 heterocycles. The fourth-order valence-corrected chi connectivity index (χ4v) is 3.94. The Morgan fingerprint density at radius 3 is 2.15 bits per heavy atom. The number of rotatable bonds is 4. The zero-order valence-electron chi connectivity index (χ0n) is 17.6. The lowest BCUT2D eigenvalue weighted by molar-refractivity contribution is -0.385. The van der Waals surface area contributed by atoms with Gasteiger partial charge in [0.1, 0.15) is 17.5 Å². The number of pyridine rings is 1. The highest BCUT2D eigenvalue weighted by atomic mass is 16.6. The van der Waals surface area contributed by atoms with Gasteiger partial charge >= 0.3 is 0 Å². The Hall–Kier alpha value is -4.62. The molecule has 2 N–H and O–H groups in total. The lowest BCUT2D eigenvalue weighted by atomic mass is 9.88. The van der Waals surface area contributed by atoms with Gasteiger partial charge < -0.3 is 5.73 Å². The van der Waals surface area contributed by atoms with Gasteiger partial charge in [0.15, 0.2) is 0 Å². The van der Waals surface area contributed by atoms with Crippen LogP contribution in [0.1, 0.15) is 22.4 Å². The van der Waals surface area contributed by atoms with Crippen LogP contribution in [0.2, 0.25) is 0 Å². The van der Waals surface area contributed by atoms with E-state index in [1.807, 2.05) is 18.0 Å². The van der Waals surface area contributed by atoms with Crippen LogP contribution in [-0.4, -0.2) is 33.3 Å². The fourth-order valence-electron chi connectivity index (χ4n) is 3.94. The lowest BCUT2D eigenvalue weighted by Gasteiger charge is -2.29. The van der Waals surface area contributed by atoms with E-state index in [9.17, 15) is 25.5 Å². The van der Waals surface area contributed by atoms with Crippen LogP contribution in [0, 0.1) is 31.6 Å². The molecule has 4 rings (SSSR count). The molecule has 1 aromatic heterocycles. The highest BCUT2D eigenvalue weighted by Gasteiger charge is 2.27. The predicted molar refractivity (Wildman–Crippen MR) is 123 cm³/mol. The number of likely N-dealkylation sites (N-methyl/N-ethyl adjacent to an activating group) is 1. The van der Waals surface area contributed by atoms with Gasteiger partial charge in [0.25, 0.3) is 11.4 Å². The molecule has 10 heteroatoms. The van der Waals surface area contributed by atoms with Crippen molar-refractivity contribution in [3.63, 3.8) is 0 Å². The standard InChI is InChI=1S/C23H18N6O4/c1-27-12-16(10-14-2-6-17(7-3-14)28(30)31)22-20(13-27)21(19(11-24)23(25)26-22)15-4-8-18(9-5-15)29(32)33/h2-10H,12-13H2,1H3,(H2,25,26)/b16-10-. The second-order valence-electron chi connectivity index (χ2n) is 7.68. The minimum atomic E-state index is -0.482. The topological polar surface area (TPSA) is 152 Å². The van der Waals surface area contributed by atoms with E-state index < -0.39 is 9.85 Å². The summed E-state index contributed by atoms with van der Waals surface area (Å²) in [6.07, 6.45) is 1.89. The molecule has 3 aromatic rings.